The van der Waals surface area contributed by atoms with Crippen LogP contribution >= 0.6 is 11.6 Å². The summed E-state index contributed by atoms with van der Waals surface area (Å²) in [4.78, 5) is 0. The lowest BCUT2D eigenvalue weighted by molar-refractivity contribution is 0.219. The lowest BCUT2D eigenvalue weighted by Crippen LogP contribution is -2.04. The molecule has 0 saturated heterocycles. The van der Waals surface area contributed by atoms with Gasteiger partial charge >= 0.3 is 0 Å². The van der Waals surface area contributed by atoms with Gasteiger partial charge in [-0.15, -0.1) is 0 Å². The van der Waals surface area contributed by atoms with Gasteiger partial charge in [-0.1, -0.05) is 17.7 Å². The maximum atomic E-state index is 13.3. The number of benzene rings is 2. The zero-order chi connectivity index (χ0) is 14.2. The van der Waals surface area contributed by atoms with E-state index in [1.807, 2.05) is 0 Å². The van der Waals surface area contributed by atoms with Gasteiger partial charge in [-0.3, -0.25) is 0 Å². The van der Waals surface area contributed by atoms with Crippen molar-refractivity contribution in [1.29, 1.82) is 0 Å². The summed E-state index contributed by atoms with van der Waals surface area (Å²) in [5, 5.41) is 10.5. The van der Waals surface area contributed by atoms with E-state index in [0.29, 0.717) is 22.3 Å². The summed E-state index contributed by atoms with van der Waals surface area (Å²) in [6.07, 6.45) is -1.01. The first-order valence-corrected chi connectivity index (χ1v) is 6.17. The van der Waals surface area contributed by atoms with Crippen molar-refractivity contribution in [2.24, 2.45) is 0 Å². The molecule has 2 aromatic carbocycles. The predicted molar refractivity (Wildman–Crippen MR) is 71.3 cm³/mol. The molecule has 0 radical (unpaired) electrons. The zero-order valence-corrected chi connectivity index (χ0v) is 11.3. The van der Waals surface area contributed by atoms with E-state index in [1.165, 1.54) is 30.3 Å². The Morgan fingerprint density at radius 2 is 1.68 bits per heavy atom. The Bertz CT molecular complexity index is 626. The summed E-state index contributed by atoms with van der Waals surface area (Å²) < 4.78 is 26.4. The average Bonchev–Trinajstić information content (AvgIpc) is 2.33. The molecular weight excluding hydrogens is 270 g/mol. The third kappa shape index (κ3) is 2.77. The van der Waals surface area contributed by atoms with Gasteiger partial charge in [0.25, 0.3) is 0 Å². The van der Waals surface area contributed by atoms with Crippen molar-refractivity contribution < 1.29 is 13.9 Å². The van der Waals surface area contributed by atoms with E-state index in [-0.39, 0.29) is 10.8 Å². The average molecular weight is 283 g/mol. The summed E-state index contributed by atoms with van der Waals surface area (Å²) in [6.45, 7) is 3.30. The highest BCUT2D eigenvalue weighted by Crippen LogP contribution is 2.31. The van der Waals surface area contributed by atoms with Crippen molar-refractivity contribution in [1.82, 2.24) is 0 Å². The smallest absolute Gasteiger partial charge is 0.127 e. The van der Waals surface area contributed by atoms with Crippen molar-refractivity contribution >= 4 is 11.6 Å². The molecule has 100 valence electrons. The summed E-state index contributed by atoms with van der Waals surface area (Å²) in [6, 6.07) is 6.79. The van der Waals surface area contributed by atoms with Crippen LogP contribution in [0.25, 0.3) is 0 Å². The Morgan fingerprint density at radius 1 is 1.00 bits per heavy atom. The summed E-state index contributed by atoms with van der Waals surface area (Å²) in [5.74, 6) is -0.786. The highest BCUT2D eigenvalue weighted by molar-refractivity contribution is 6.31. The molecular formula is C15H13ClF2O. The summed E-state index contributed by atoms with van der Waals surface area (Å²) in [7, 11) is 0. The maximum absolute atomic E-state index is 13.3. The fraction of sp³-hybridized carbons (Fsp3) is 0.200. The predicted octanol–water partition coefficient (Wildman–Crippen LogP) is 4.32. The second-order valence-corrected chi connectivity index (χ2v) is 4.93. The van der Waals surface area contributed by atoms with Crippen LogP contribution in [0.3, 0.4) is 0 Å². The van der Waals surface area contributed by atoms with Gasteiger partial charge in [0.1, 0.15) is 17.7 Å². The first kappa shape index (κ1) is 14.0. The second kappa shape index (κ2) is 5.27. The molecule has 1 unspecified atom stereocenters. The summed E-state index contributed by atoms with van der Waals surface area (Å²) in [5.41, 5.74) is 1.98. The van der Waals surface area contributed by atoms with Crippen LogP contribution in [0.1, 0.15) is 28.4 Å². The Morgan fingerprint density at radius 3 is 2.32 bits per heavy atom. The topological polar surface area (TPSA) is 20.2 Å². The molecule has 0 saturated carbocycles. The molecule has 0 aliphatic carbocycles. The number of aliphatic hydroxyl groups is 1. The normalized spacial score (nSPS) is 12.5. The number of hydrogen-bond donors (Lipinski definition) is 1. The van der Waals surface area contributed by atoms with Gasteiger partial charge in [0.15, 0.2) is 0 Å². The van der Waals surface area contributed by atoms with E-state index in [4.69, 9.17) is 11.6 Å². The zero-order valence-electron chi connectivity index (χ0n) is 10.5. The third-order valence-electron chi connectivity index (χ3n) is 3.10. The molecule has 0 aliphatic rings. The van der Waals surface area contributed by atoms with E-state index >= 15 is 0 Å². The lowest BCUT2D eigenvalue weighted by Gasteiger charge is -2.16. The minimum atomic E-state index is -1.01. The molecule has 0 heterocycles. The van der Waals surface area contributed by atoms with Crippen LogP contribution in [0.15, 0.2) is 30.3 Å². The molecule has 0 spiro atoms. The number of halogens is 3. The van der Waals surface area contributed by atoms with Crippen LogP contribution in [-0.2, 0) is 0 Å². The minimum absolute atomic E-state index is 0.152. The molecule has 0 aromatic heterocycles. The Balaban J connectivity index is 2.49. The SMILES string of the molecule is Cc1cc(C(O)c2ccc(F)cc2C)c(Cl)cc1F. The number of rotatable bonds is 2. The van der Waals surface area contributed by atoms with E-state index in [2.05, 4.69) is 0 Å². The van der Waals surface area contributed by atoms with Crippen LogP contribution in [0.5, 0.6) is 0 Å². The minimum Gasteiger partial charge on any atom is -0.384 e. The fourth-order valence-electron chi connectivity index (χ4n) is 2.00. The second-order valence-electron chi connectivity index (χ2n) is 4.53. The Labute approximate surface area is 115 Å². The summed E-state index contributed by atoms with van der Waals surface area (Å²) >= 11 is 5.96. The first-order valence-electron chi connectivity index (χ1n) is 5.80. The van der Waals surface area contributed by atoms with E-state index in [0.717, 1.165) is 0 Å². The van der Waals surface area contributed by atoms with Gasteiger partial charge in [-0.2, -0.15) is 0 Å². The number of aryl methyl sites for hydroxylation is 2. The molecule has 0 fully saturated rings. The van der Waals surface area contributed by atoms with Crippen molar-refractivity contribution in [3.63, 3.8) is 0 Å². The van der Waals surface area contributed by atoms with Crippen molar-refractivity contribution in [3.8, 4) is 0 Å². The van der Waals surface area contributed by atoms with Crippen LogP contribution in [0.2, 0.25) is 5.02 Å². The van der Waals surface area contributed by atoms with Gasteiger partial charge in [-0.05, 0) is 54.8 Å². The van der Waals surface area contributed by atoms with E-state index in [9.17, 15) is 13.9 Å². The molecule has 1 atom stereocenters. The largest absolute Gasteiger partial charge is 0.384 e. The van der Waals surface area contributed by atoms with Gasteiger partial charge in [0.05, 0.1) is 0 Å². The van der Waals surface area contributed by atoms with Crippen LogP contribution in [0.4, 0.5) is 8.78 Å². The number of hydrogen-bond acceptors (Lipinski definition) is 1. The van der Waals surface area contributed by atoms with Gasteiger partial charge in [0.2, 0.25) is 0 Å². The number of aliphatic hydroxyl groups excluding tert-OH is 1. The van der Waals surface area contributed by atoms with Crippen LogP contribution in [-0.4, -0.2) is 5.11 Å². The van der Waals surface area contributed by atoms with Crippen molar-refractivity contribution in [2.75, 3.05) is 0 Å². The Hall–Kier alpha value is -1.45. The van der Waals surface area contributed by atoms with Gasteiger partial charge < -0.3 is 5.11 Å². The van der Waals surface area contributed by atoms with E-state index < -0.39 is 11.9 Å². The molecule has 19 heavy (non-hydrogen) atoms. The Kier molecular flexibility index (Phi) is 3.88. The standard InChI is InChI=1S/C15H13ClF2O/c1-8-5-10(17)3-4-11(8)15(19)12-6-9(2)14(18)7-13(12)16/h3-7,15,19H,1-2H3. The highest BCUT2D eigenvalue weighted by Gasteiger charge is 2.18. The lowest BCUT2D eigenvalue weighted by atomic mass is 9.96. The molecule has 0 bridgehead atoms. The molecule has 0 aliphatic heterocycles. The van der Waals surface area contributed by atoms with Gasteiger partial charge in [-0.25, -0.2) is 8.78 Å². The maximum Gasteiger partial charge on any atom is 0.127 e. The molecule has 2 rings (SSSR count). The molecule has 4 heteroatoms. The van der Waals surface area contributed by atoms with Gasteiger partial charge in [0, 0.05) is 10.6 Å². The monoisotopic (exact) mass is 282 g/mol. The first-order chi connectivity index (χ1) is 8.90. The molecule has 0 amide bonds. The molecule has 1 nitrogen and oxygen atoms in total. The van der Waals surface area contributed by atoms with E-state index in [1.54, 1.807) is 13.8 Å². The highest BCUT2D eigenvalue weighted by atomic mass is 35.5. The third-order valence-corrected chi connectivity index (χ3v) is 3.43. The van der Waals surface area contributed by atoms with Crippen LogP contribution in [0, 0.1) is 25.5 Å². The molecule has 1 N–H and O–H groups in total. The fourth-order valence-corrected chi connectivity index (χ4v) is 2.26. The van der Waals surface area contributed by atoms with Crippen LogP contribution < -0.4 is 0 Å². The molecule has 2 aromatic rings. The van der Waals surface area contributed by atoms with Crippen molar-refractivity contribution in [3.05, 3.63) is 69.2 Å². The quantitative estimate of drug-likeness (QED) is 0.870. The van der Waals surface area contributed by atoms with Crippen molar-refractivity contribution in [2.45, 2.75) is 20.0 Å².